The van der Waals surface area contributed by atoms with Gasteiger partial charge in [-0.05, 0) is 32.1 Å². The van der Waals surface area contributed by atoms with Crippen LogP contribution in [0.4, 0.5) is 0 Å². The molecule has 0 saturated carbocycles. The van der Waals surface area contributed by atoms with Crippen LogP contribution in [0.15, 0.2) is 12.2 Å². The van der Waals surface area contributed by atoms with Gasteiger partial charge in [-0.25, -0.2) is 9.59 Å². The number of carbonyl (C=O) groups excluding carboxylic acids is 1. The summed E-state index contributed by atoms with van der Waals surface area (Å²) >= 11 is 0. The molecular formula is C27H49NO6. The van der Waals surface area contributed by atoms with Crippen molar-refractivity contribution in [2.45, 2.75) is 136 Å². The van der Waals surface area contributed by atoms with E-state index in [0.717, 1.165) is 38.5 Å². The van der Waals surface area contributed by atoms with Crippen LogP contribution >= 0.6 is 0 Å². The minimum atomic E-state index is -1.37. The molecule has 7 nitrogen and oxygen atoms in total. The van der Waals surface area contributed by atoms with Crippen molar-refractivity contribution in [3.8, 4) is 0 Å². The molecule has 3 atom stereocenters. The van der Waals surface area contributed by atoms with E-state index >= 15 is 0 Å². The number of hydrogen-bond donors (Lipinski definition) is 2. The van der Waals surface area contributed by atoms with Gasteiger partial charge in [0.05, 0.1) is 12.5 Å². The summed E-state index contributed by atoms with van der Waals surface area (Å²) in [6.07, 6.45) is 16.7. The zero-order chi connectivity index (χ0) is 26.0. The summed E-state index contributed by atoms with van der Waals surface area (Å²) in [5.41, 5.74) is 0. The second-order valence-electron chi connectivity index (χ2n) is 9.36. The van der Waals surface area contributed by atoms with Gasteiger partial charge < -0.3 is 20.1 Å². The topological polar surface area (TPSA) is 115 Å². The summed E-state index contributed by atoms with van der Waals surface area (Å²) < 4.78 is -0.471. The van der Waals surface area contributed by atoms with E-state index in [1.807, 2.05) is 0 Å². The molecule has 3 unspecified atom stereocenters. The molecule has 0 aromatic heterocycles. The molecular weight excluding hydrogens is 434 g/mol. The first kappa shape index (κ1) is 32.1. The summed E-state index contributed by atoms with van der Waals surface area (Å²) in [6.45, 7) is 7.43. The predicted octanol–water partition coefficient (Wildman–Crippen LogP) is 4.93. The first-order valence-electron chi connectivity index (χ1n) is 13.4. The van der Waals surface area contributed by atoms with E-state index in [2.05, 4.69) is 19.1 Å². The first-order valence-corrected chi connectivity index (χ1v) is 13.4. The SMILES string of the molecule is CCCC/C=C/CCCCCCCCC[N+](C(CC)C(=O)[O-])(C(CC)C(=O)O)C(CC)C(=O)O. The van der Waals surface area contributed by atoms with Crippen molar-refractivity contribution in [1.82, 2.24) is 0 Å². The lowest BCUT2D eigenvalue weighted by Crippen LogP contribution is -2.73. The van der Waals surface area contributed by atoms with Gasteiger partial charge in [-0.15, -0.1) is 0 Å². The molecule has 0 aliphatic rings. The average Bonchev–Trinajstić information content (AvgIpc) is 2.77. The zero-order valence-electron chi connectivity index (χ0n) is 22.0. The summed E-state index contributed by atoms with van der Waals surface area (Å²) in [6, 6.07) is -3.38. The van der Waals surface area contributed by atoms with Crippen molar-refractivity contribution in [2.24, 2.45) is 0 Å². The molecule has 0 amide bonds. The normalized spacial score (nSPS) is 16.1. The summed E-state index contributed by atoms with van der Waals surface area (Å²) in [4.78, 5) is 36.4. The van der Waals surface area contributed by atoms with Gasteiger partial charge in [-0.3, -0.25) is 4.48 Å². The Morgan fingerprint density at radius 1 is 0.676 bits per heavy atom. The second kappa shape index (κ2) is 18.4. The molecule has 0 radical (unpaired) electrons. The summed E-state index contributed by atoms with van der Waals surface area (Å²) in [5.74, 6) is -3.66. The monoisotopic (exact) mass is 483 g/mol. The van der Waals surface area contributed by atoms with Crippen LogP contribution < -0.4 is 5.11 Å². The molecule has 2 N–H and O–H groups in total. The number of nitrogens with zero attached hydrogens (tertiary/aromatic N) is 1. The molecule has 0 aliphatic carbocycles. The standard InChI is InChI=1S/C27H49NO6/c1-5-9-10-11-12-13-14-15-16-17-18-19-20-21-28(22(6-2)25(29)30,23(7-3)26(31)32)24(8-4)27(33)34/h11-12,22-24H,5-10,13-21H2,1-4H3,(H2-,29,30,31,32,33,34)/b12-11+. The number of unbranched alkanes of at least 4 members (excludes halogenated alkanes) is 9. The van der Waals surface area contributed by atoms with E-state index < -0.39 is 40.5 Å². The fourth-order valence-corrected chi connectivity index (χ4v) is 5.35. The van der Waals surface area contributed by atoms with Crippen molar-refractivity contribution in [1.29, 1.82) is 0 Å². The molecule has 0 aromatic carbocycles. The fraction of sp³-hybridized carbons (Fsp3) is 0.815. The van der Waals surface area contributed by atoms with Crippen LogP contribution in [0.5, 0.6) is 0 Å². The highest BCUT2D eigenvalue weighted by molar-refractivity contribution is 5.77. The van der Waals surface area contributed by atoms with Crippen molar-refractivity contribution >= 4 is 17.9 Å². The van der Waals surface area contributed by atoms with Crippen LogP contribution in [0.2, 0.25) is 0 Å². The van der Waals surface area contributed by atoms with Crippen molar-refractivity contribution in [2.75, 3.05) is 6.54 Å². The second-order valence-corrected chi connectivity index (χ2v) is 9.36. The van der Waals surface area contributed by atoms with E-state index in [1.54, 1.807) is 20.8 Å². The molecule has 198 valence electrons. The number of carboxylic acids is 3. The Balaban J connectivity index is 5.09. The van der Waals surface area contributed by atoms with Gasteiger partial charge in [-0.1, -0.05) is 78.4 Å². The Morgan fingerprint density at radius 2 is 1.09 bits per heavy atom. The highest BCUT2D eigenvalue weighted by atomic mass is 16.4. The van der Waals surface area contributed by atoms with Crippen molar-refractivity contribution in [3.05, 3.63) is 12.2 Å². The van der Waals surface area contributed by atoms with Gasteiger partial charge in [0.1, 0.15) is 6.04 Å². The van der Waals surface area contributed by atoms with Gasteiger partial charge >= 0.3 is 11.9 Å². The third-order valence-electron chi connectivity index (χ3n) is 7.05. The number of allylic oxidation sites excluding steroid dienone is 2. The van der Waals surface area contributed by atoms with E-state index in [1.165, 1.54) is 25.7 Å². The van der Waals surface area contributed by atoms with Gasteiger partial charge in [-0.2, -0.15) is 0 Å². The maximum Gasteiger partial charge on any atom is 0.362 e. The van der Waals surface area contributed by atoms with Crippen LogP contribution in [0, 0.1) is 0 Å². The summed E-state index contributed by atoms with van der Waals surface area (Å²) in [5, 5.41) is 32.0. The van der Waals surface area contributed by atoms with Gasteiger partial charge in [0.2, 0.25) is 0 Å². The van der Waals surface area contributed by atoms with Crippen molar-refractivity contribution in [3.63, 3.8) is 0 Å². The quantitative estimate of drug-likeness (QED) is 0.128. The number of rotatable bonds is 22. The Bertz CT molecular complexity index is 563. The Hall–Kier alpha value is -1.89. The maximum atomic E-state index is 12.2. The van der Waals surface area contributed by atoms with E-state index in [-0.39, 0.29) is 25.8 Å². The fourth-order valence-electron chi connectivity index (χ4n) is 5.35. The lowest BCUT2D eigenvalue weighted by Gasteiger charge is -2.51. The molecule has 0 rings (SSSR count). The molecule has 34 heavy (non-hydrogen) atoms. The molecule has 0 aromatic rings. The van der Waals surface area contributed by atoms with E-state index in [4.69, 9.17) is 0 Å². The van der Waals surface area contributed by atoms with Gasteiger partial charge in [0.15, 0.2) is 12.1 Å². The van der Waals surface area contributed by atoms with Crippen LogP contribution in [0.25, 0.3) is 0 Å². The molecule has 0 bridgehead atoms. The maximum absolute atomic E-state index is 12.2. The number of hydrogen-bond acceptors (Lipinski definition) is 4. The van der Waals surface area contributed by atoms with Gasteiger partial charge in [0, 0.05) is 19.3 Å². The molecule has 0 aliphatic heterocycles. The number of aliphatic carboxylic acids is 3. The number of carbonyl (C=O) groups is 3. The van der Waals surface area contributed by atoms with Crippen LogP contribution in [0.3, 0.4) is 0 Å². The lowest BCUT2D eigenvalue weighted by atomic mass is 9.93. The minimum absolute atomic E-state index is 0.128. The van der Waals surface area contributed by atoms with Crippen molar-refractivity contribution < 1.29 is 34.2 Å². The molecule has 0 heterocycles. The molecule has 0 fully saturated rings. The zero-order valence-corrected chi connectivity index (χ0v) is 22.0. The number of carboxylic acid groups (broad SMARTS) is 3. The lowest BCUT2D eigenvalue weighted by molar-refractivity contribution is -0.974. The van der Waals surface area contributed by atoms with Gasteiger partial charge in [0.25, 0.3) is 0 Å². The Kier molecular flexibility index (Phi) is 17.4. The Labute approximate surface area is 206 Å². The smallest absolute Gasteiger partial charge is 0.362 e. The van der Waals surface area contributed by atoms with Crippen LogP contribution in [0.1, 0.15) is 118 Å². The summed E-state index contributed by atoms with van der Waals surface area (Å²) in [7, 11) is 0. The highest BCUT2D eigenvalue weighted by Gasteiger charge is 2.53. The van der Waals surface area contributed by atoms with E-state index in [0.29, 0.717) is 6.42 Å². The van der Waals surface area contributed by atoms with Crippen LogP contribution in [-0.2, 0) is 14.4 Å². The Morgan fingerprint density at radius 3 is 1.47 bits per heavy atom. The minimum Gasteiger partial charge on any atom is -0.544 e. The number of quaternary nitrogens is 1. The van der Waals surface area contributed by atoms with E-state index in [9.17, 15) is 29.7 Å². The predicted molar refractivity (Wildman–Crippen MR) is 133 cm³/mol. The molecule has 0 saturated heterocycles. The third kappa shape index (κ3) is 10.2. The highest BCUT2D eigenvalue weighted by Crippen LogP contribution is 2.32. The third-order valence-corrected chi connectivity index (χ3v) is 7.05. The average molecular weight is 484 g/mol. The van der Waals surface area contributed by atoms with Crippen LogP contribution in [-0.4, -0.2) is 57.3 Å². The largest absolute Gasteiger partial charge is 0.544 e. The molecule has 7 heteroatoms. The first-order chi connectivity index (χ1) is 16.2. The molecule has 0 spiro atoms.